The maximum Gasteiger partial charge on any atom is 0.598 e. The number of hydrogen-bond donors (Lipinski definition) is 0. The molecule has 4 nitrogen and oxygen atoms in total. The summed E-state index contributed by atoms with van der Waals surface area (Å²) in [7, 11) is 2.50. The highest BCUT2D eigenvalue weighted by Crippen LogP contribution is 2.19. The van der Waals surface area contributed by atoms with Gasteiger partial charge in [0.2, 0.25) is 0 Å². The second-order valence-corrected chi connectivity index (χ2v) is 5.74. The van der Waals surface area contributed by atoms with Crippen LogP contribution in [-0.4, -0.2) is 48.0 Å². The van der Waals surface area contributed by atoms with Gasteiger partial charge in [0.25, 0.3) is 0 Å². The summed E-state index contributed by atoms with van der Waals surface area (Å²) in [5, 5.41) is 0. The summed E-state index contributed by atoms with van der Waals surface area (Å²) in [4.78, 5) is 0. The van der Waals surface area contributed by atoms with Crippen LogP contribution in [0.4, 0.5) is 0 Å². The van der Waals surface area contributed by atoms with Crippen molar-refractivity contribution in [2.75, 3.05) is 34.4 Å². The topological polar surface area (TPSA) is 30.9 Å². The van der Waals surface area contributed by atoms with Crippen molar-refractivity contribution in [3.05, 3.63) is 0 Å². The molecule has 0 atom stereocenters. The van der Waals surface area contributed by atoms with Gasteiger partial charge in [-0.2, -0.15) is 0 Å². The maximum atomic E-state index is 5.34. The van der Waals surface area contributed by atoms with Crippen molar-refractivity contribution >= 4 is 8.97 Å². The molecular weight excluding hydrogens is 174 g/mol. The van der Waals surface area contributed by atoms with Gasteiger partial charge in [-0.3, -0.25) is 4.57 Å². The standard InChI is InChI=1S/C7H17NO3Si/c1-9-12(10-2,11-3)8-6-4-5-7-8/h4-7H2,1-3H3. The summed E-state index contributed by atoms with van der Waals surface area (Å²) < 4.78 is 18.2. The third-order valence-corrected chi connectivity index (χ3v) is 5.04. The lowest BCUT2D eigenvalue weighted by Gasteiger charge is -2.31. The molecule has 1 aliphatic rings. The second kappa shape index (κ2) is 4.34. The van der Waals surface area contributed by atoms with Crippen molar-refractivity contribution in [2.24, 2.45) is 0 Å². The number of hydrogen-bond acceptors (Lipinski definition) is 4. The van der Waals surface area contributed by atoms with Crippen LogP contribution in [0.2, 0.25) is 0 Å². The Morgan fingerprint density at radius 2 is 1.33 bits per heavy atom. The molecule has 0 aliphatic carbocycles. The summed E-state index contributed by atoms with van der Waals surface area (Å²) in [6.07, 6.45) is 2.43. The Bertz CT molecular complexity index is 126. The summed E-state index contributed by atoms with van der Waals surface area (Å²) in [5.41, 5.74) is 0. The maximum absolute atomic E-state index is 5.34. The van der Waals surface area contributed by atoms with Gasteiger partial charge in [-0.1, -0.05) is 0 Å². The smallest absolute Gasteiger partial charge is 0.364 e. The summed E-state index contributed by atoms with van der Waals surface area (Å²) in [6, 6.07) is 0. The molecule has 12 heavy (non-hydrogen) atoms. The van der Waals surface area contributed by atoms with E-state index in [0.717, 1.165) is 13.1 Å². The molecule has 0 aromatic rings. The highest BCUT2D eigenvalue weighted by atomic mass is 28.4. The van der Waals surface area contributed by atoms with E-state index in [1.165, 1.54) is 12.8 Å². The SMILES string of the molecule is CO[Si](OC)(OC)N1CCCC1. The Morgan fingerprint density at radius 1 is 0.917 bits per heavy atom. The number of nitrogens with zero attached hydrogens (tertiary/aromatic N) is 1. The normalized spacial score (nSPS) is 20.2. The monoisotopic (exact) mass is 191 g/mol. The van der Waals surface area contributed by atoms with Crippen molar-refractivity contribution in [3.63, 3.8) is 0 Å². The van der Waals surface area contributed by atoms with Crippen molar-refractivity contribution in [2.45, 2.75) is 12.8 Å². The first-order valence-electron chi connectivity index (χ1n) is 4.19. The van der Waals surface area contributed by atoms with Crippen LogP contribution in [0.1, 0.15) is 12.8 Å². The van der Waals surface area contributed by atoms with Gasteiger partial charge >= 0.3 is 8.97 Å². The van der Waals surface area contributed by atoms with Crippen LogP contribution in [0.25, 0.3) is 0 Å². The fourth-order valence-corrected chi connectivity index (χ4v) is 3.77. The molecule has 5 heteroatoms. The van der Waals surface area contributed by atoms with E-state index in [0.29, 0.717) is 0 Å². The lowest BCUT2D eigenvalue weighted by molar-refractivity contribution is 0.0658. The molecule has 72 valence electrons. The predicted molar refractivity (Wildman–Crippen MR) is 47.6 cm³/mol. The third kappa shape index (κ3) is 1.70. The minimum absolute atomic E-state index is 1.03. The van der Waals surface area contributed by atoms with Gasteiger partial charge in [-0.05, 0) is 25.9 Å². The van der Waals surface area contributed by atoms with E-state index in [-0.39, 0.29) is 0 Å². The highest BCUT2D eigenvalue weighted by Gasteiger charge is 2.47. The molecule has 1 aliphatic heterocycles. The third-order valence-electron chi connectivity index (χ3n) is 2.27. The minimum Gasteiger partial charge on any atom is -0.364 e. The molecule has 0 bridgehead atoms. The van der Waals surface area contributed by atoms with Crippen molar-refractivity contribution < 1.29 is 13.3 Å². The Balaban J connectivity index is 2.61. The van der Waals surface area contributed by atoms with Crippen LogP contribution in [0, 0.1) is 0 Å². The van der Waals surface area contributed by atoms with Gasteiger partial charge in [0.15, 0.2) is 0 Å². The molecule has 1 heterocycles. The molecule has 0 amide bonds. The molecular formula is C7H17NO3Si. The first kappa shape index (κ1) is 10.1. The Hall–Kier alpha value is 0.0569. The van der Waals surface area contributed by atoms with Crippen LogP contribution in [0.5, 0.6) is 0 Å². The van der Waals surface area contributed by atoms with E-state index in [2.05, 4.69) is 4.57 Å². The van der Waals surface area contributed by atoms with Gasteiger partial charge in [0.05, 0.1) is 0 Å². The van der Waals surface area contributed by atoms with Gasteiger partial charge in [-0.25, -0.2) is 0 Å². The minimum atomic E-state index is -2.45. The lowest BCUT2D eigenvalue weighted by Crippen LogP contribution is -2.58. The molecule has 0 aromatic carbocycles. The quantitative estimate of drug-likeness (QED) is 0.604. The van der Waals surface area contributed by atoms with Crippen LogP contribution >= 0.6 is 0 Å². The van der Waals surface area contributed by atoms with Crippen molar-refractivity contribution in [3.8, 4) is 0 Å². The van der Waals surface area contributed by atoms with Gasteiger partial charge < -0.3 is 13.3 Å². The Morgan fingerprint density at radius 3 is 1.67 bits per heavy atom. The predicted octanol–water partition coefficient (Wildman–Crippen LogP) is 0.457. The van der Waals surface area contributed by atoms with E-state index >= 15 is 0 Å². The molecule has 0 N–H and O–H groups in total. The fraction of sp³-hybridized carbons (Fsp3) is 1.00. The van der Waals surface area contributed by atoms with E-state index in [4.69, 9.17) is 13.3 Å². The van der Waals surface area contributed by atoms with E-state index < -0.39 is 8.97 Å². The zero-order valence-electron chi connectivity index (χ0n) is 8.00. The summed E-state index contributed by atoms with van der Waals surface area (Å²) in [5.74, 6) is 0. The molecule has 0 unspecified atom stereocenters. The van der Waals surface area contributed by atoms with Crippen molar-refractivity contribution in [1.29, 1.82) is 0 Å². The van der Waals surface area contributed by atoms with E-state index in [1.54, 1.807) is 21.3 Å². The Kier molecular flexibility index (Phi) is 3.67. The van der Waals surface area contributed by atoms with Crippen LogP contribution in [-0.2, 0) is 13.3 Å². The van der Waals surface area contributed by atoms with E-state index in [9.17, 15) is 0 Å². The molecule has 1 saturated heterocycles. The summed E-state index contributed by atoms with van der Waals surface area (Å²) >= 11 is 0. The van der Waals surface area contributed by atoms with Crippen LogP contribution in [0.3, 0.4) is 0 Å². The molecule has 0 aromatic heterocycles. The summed E-state index contributed by atoms with van der Waals surface area (Å²) in [6.45, 7) is 2.06. The van der Waals surface area contributed by atoms with Gasteiger partial charge in [-0.15, -0.1) is 0 Å². The fourth-order valence-electron chi connectivity index (χ4n) is 1.63. The Labute approximate surface area is 74.9 Å². The average molecular weight is 191 g/mol. The largest absolute Gasteiger partial charge is 0.598 e. The molecule has 1 fully saturated rings. The molecule has 0 saturated carbocycles. The second-order valence-electron chi connectivity index (χ2n) is 2.83. The van der Waals surface area contributed by atoms with Crippen LogP contribution < -0.4 is 0 Å². The zero-order valence-corrected chi connectivity index (χ0v) is 9.00. The molecule has 1 rings (SSSR count). The number of rotatable bonds is 4. The first-order valence-corrected chi connectivity index (χ1v) is 5.87. The lowest BCUT2D eigenvalue weighted by atomic mass is 10.4. The zero-order chi connectivity index (χ0) is 9.03. The first-order chi connectivity index (χ1) is 5.79. The molecule has 0 radical (unpaired) electrons. The molecule has 0 spiro atoms. The van der Waals surface area contributed by atoms with Gasteiger partial charge in [0, 0.05) is 21.3 Å². The van der Waals surface area contributed by atoms with Crippen LogP contribution in [0.15, 0.2) is 0 Å². The highest BCUT2D eigenvalue weighted by molar-refractivity contribution is 6.57. The van der Waals surface area contributed by atoms with Gasteiger partial charge in [0.1, 0.15) is 0 Å². The average Bonchev–Trinajstić information content (AvgIpc) is 2.62. The van der Waals surface area contributed by atoms with E-state index in [1.807, 2.05) is 0 Å². The van der Waals surface area contributed by atoms with Crippen molar-refractivity contribution in [1.82, 2.24) is 4.57 Å².